The topological polar surface area (TPSA) is 41.6 Å². The first-order valence-corrected chi connectivity index (χ1v) is 9.10. The molecule has 1 amide bonds. The van der Waals surface area contributed by atoms with E-state index < -0.39 is 0 Å². The molecule has 24 heavy (non-hydrogen) atoms. The third kappa shape index (κ3) is 3.97. The first-order chi connectivity index (χ1) is 11.4. The Hall–Kier alpha value is -1.85. The van der Waals surface area contributed by atoms with E-state index in [9.17, 15) is 4.79 Å². The molecule has 2 heterocycles. The van der Waals surface area contributed by atoms with Crippen molar-refractivity contribution in [2.75, 3.05) is 31.2 Å². The predicted octanol–water partition coefficient (Wildman–Crippen LogP) is 3.78. The van der Waals surface area contributed by atoms with Crippen molar-refractivity contribution < 1.29 is 9.53 Å². The molecule has 1 aliphatic heterocycles. The van der Waals surface area contributed by atoms with Gasteiger partial charge in [0.15, 0.2) is 0 Å². The lowest BCUT2D eigenvalue weighted by atomic mass is 10.1. The molecule has 2 aromatic rings. The molecule has 3 rings (SSSR count). The zero-order chi connectivity index (χ0) is 17.2. The maximum Gasteiger partial charge on any atom is 0.261 e. The molecule has 1 N–H and O–H groups in total. The van der Waals surface area contributed by atoms with Crippen LogP contribution in [0, 0.1) is 0 Å². The van der Waals surface area contributed by atoms with Crippen molar-refractivity contribution in [1.29, 1.82) is 0 Å². The van der Waals surface area contributed by atoms with E-state index in [0.717, 1.165) is 47.3 Å². The van der Waals surface area contributed by atoms with Gasteiger partial charge in [-0.15, -0.1) is 11.3 Å². The average molecular weight is 344 g/mol. The fourth-order valence-corrected chi connectivity index (χ4v) is 3.85. The van der Waals surface area contributed by atoms with Gasteiger partial charge < -0.3 is 15.0 Å². The first-order valence-electron chi connectivity index (χ1n) is 8.28. The summed E-state index contributed by atoms with van der Waals surface area (Å²) in [7, 11) is 0. The number of hydrogen-bond acceptors (Lipinski definition) is 4. The maximum atomic E-state index is 12.6. The maximum absolute atomic E-state index is 12.6. The van der Waals surface area contributed by atoms with Gasteiger partial charge in [-0.3, -0.25) is 4.79 Å². The van der Waals surface area contributed by atoms with Gasteiger partial charge in [-0.2, -0.15) is 0 Å². The van der Waals surface area contributed by atoms with Crippen LogP contribution in [-0.4, -0.2) is 37.7 Å². The van der Waals surface area contributed by atoms with Gasteiger partial charge >= 0.3 is 0 Å². The number of hydrogen-bond donors (Lipinski definition) is 1. The minimum absolute atomic E-state index is 0.0100. The quantitative estimate of drug-likeness (QED) is 0.921. The van der Waals surface area contributed by atoms with E-state index >= 15 is 0 Å². The van der Waals surface area contributed by atoms with Crippen molar-refractivity contribution in [3.8, 4) is 11.1 Å². The van der Waals surface area contributed by atoms with Crippen LogP contribution in [0.25, 0.3) is 11.1 Å². The number of benzene rings is 1. The number of anilines is 1. The Labute approximate surface area is 147 Å². The number of nitrogens with one attached hydrogen (secondary N) is 1. The second kappa shape index (κ2) is 6.95. The van der Waals surface area contributed by atoms with E-state index in [0.29, 0.717) is 0 Å². The minimum Gasteiger partial charge on any atom is -0.378 e. The predicted molar refractivity (Wildman–Crippen MR) is 100 cm³/mol. The fourth-order valence-electron chi connectivity index (χ4n) is 2.72. The summed E-state index contributed by atoms with van der Waals surface area (Å²) in [6.45, 7) is 9.19. The third-order valence-electron chi connectivity index (χ3n) is 3.81. The molecule has 0 bridgehead atoms. The van der Waals surface area contributed by atoms with Gasteiger partial charge in [0.2, 0.25) is 0 Å². The van der Waals surface area contributed by atoms with Crippen LogP contribution in [0.5, 0.6) is 0 Å². The fraction of sp³-hybridized carbons (Fsp3) is 0.421. The summed E-state index contributed by atoms with van der Waals surface area (Å²) in [4.78, 5) is 15.7. The van der Waals surface area contributed by atoms with E-state index in [2.05, 4.69) is 22.3 Å². The van der Waals surface area contributed by atoms with E-state index in [1.807, 2.05) is 45.0 Å². The van der Waals surface area contributed by atoms with Gasteiger partial charge in [0.05, 0.1) is 23.1 Å². The van der Waals surface area contributed by atoms with Crippen molar-refractivity contribution in [3.63, 3.8) is 0 Å². The standard InChI is InChI=1S/C19H24N2O2S/c1-19(2,3)20-17(22)16-13-15(14-7-5-4-6-8-14)18(24-16)21-9-11-23-12-10-21/h4-8,13H,9-12H2,1-3H3,(H,20,22). The van der Waals surface area contributed by atoms with E-state index in [4.69, 9.17) is 4.74 Å². The molecule has 1 fully saturated rings. The highest BCUT2D eigenvalue weighted by Gasteiger charge is 2.23. The zero-order valence-corrected chi connectivity index (χ0v) is 15.3. The van der Waals surface area contributed by atoms with Crippen LogP contribution in [0.3, 0.4) is 0 Å². The van der Waals surface area contributed by atoms with Crippen LogP contribution in [-0.2, 0) is 4.74 Å². The molecule has 1 aromatic heterocycles. The van der Waals surface area contributed by atoms with Crippen LogP contribution in [0.2, 0.25) is 0 Å². The lowest BCUT2D eigenvalue weighted by molar-refractivity contribution is 0.0924. The Morgan fingerprint density at radius 1 is 1.17 bits per heavy atom. The van der Waals surface area contributed by atoms with Crippen LogP contribution in [0.1, 0.15) is 30.4 Å². The van der Waals surface area contributed by atoms with Gasteiger partial charge in [0.25, 0.3) is 5.91 Å². The molecule has 128 valence electrons. The average Bonchev–Trinajstić information content (AvgIpc) is 3.00. The Morgan fingerprint density at radius 2 is 1.83 bits per heavy atom. The smallest absolute Gasteiger partial charge is 0.261 e. The van der Waals surface area contributed by atoms with Crippen molar-refractivity contribution in [1.82, 2.24) is 5.32 Å². The van der Waals surface area contributed by atoms with E-state index in [1.54, 1.807) is 11.3 Å². The van der Waals surface area contributed by atoms with Gasteiger partial charge in [-0.1, -0.05) is 30.3 Å². The lowest BCUT2D eigenvalue weighted by Crippen LogP contribution is -2.40. The number of nitrogens with zero attached hydrogens (tertiary/aromatic N) is 1. The van der Waals surface area contributed by atoms with Crippen LogP contribution in [0.15, 0.2) is 36.4 Å². The molecule has 0 aliphatic carbocycles. The Balaban J connectivity index is 1.97. The monoisotopic (exact) mass is 344 g/mol. The molecule has 5 heteroatoms. The van der Waals surface area contributed by atoms with Crippen molar-refractivity contribution in [2.45, 2.75) is 26.3 Å². The normalized spacial score (nSPS) is 15.4. The van der Waals surface area contributed by atoms with E-state index in [-0.39, 0.29) is 11.4 Å². The van der Waals surface area contributed by atoms with Crippen molar-refractivity contribution in [2.24, 2.45) is 0 Å². The van der Waals surface area contributed by atoms with Crippen LogP contribution < -0.4 is 10.2 Å². The number of thiophene rings is 1. The van der Waals surface area contributed by atoms with Gasteiger partial charge in [-0.05, 0) is 32.4 Å². The third-order valence-corrected chi connectivity index (χ3v) is 5.00. The summed E-state index contributed by atoms with van der Waals surface area (Å²) in [6.07, 6.45) is 0. The highest BCUT2D eigenvalue weighted by Crippen LogP contribution is 2.39. The SMILES string of the molecule is CC(C)(C)NC(=O)c1cc(-c2ccccc2)c(N2CCOCC2)s1. The number of morpholine rings is 1. The molecular weight excluding hydrogens is 320 g/mol. The summed E-state index contributed by atoms with van der Waals surface area (Å²) in [5, 5.41) is 4.21. The molecular formula is C19H24N2O2S. The Bertz CT molecular complexity index is 698. The molecule has 1 aromatic carbocycles. The number of carbonyl (C=O) groups excluding carboxylic acids is 1. The lowest BCUT2D eigenvalue weighted by Gasteiger charge is -2.28. The molecule has 1 saturated heterocycles. The number of ether oxygens (including phenoxy) is 1. The van der Waals surface area contributed by atoms with Gasteiger partial charge in [-0.25, -0.2) is 0 Å². The molecule has 0 saturated carbocycles. The molecule has 0 spiro atoms. The van der Waals surface area contributed by atoms with Crippen molar-refractivity contribution >= 4 is 22.2 Å². The van der Waals surface area contributed by atoms with Crippen molar-refractivity contribution in [3.05, 3.63) is 41.3 Å². The largest absolute Gasteiger partial charge is 0.378 e. The Morgan fingerprint density at radius 3 is 2.46 bits per heavy atom. The number of amides is 1. The number of rotatable bonds is 3. The highest BCUT2D eigenvalue weighted by atomic mass is 32.1. The van der Waals surface area contributed by atoms with Crippen LogP contribution in [0.4, 0.5) is 5.00 Å². The molecule has 1 aliphatic rings. The summed E-state index contributed by atoms with van der Waals surface area (Å²) in [5.41, 5.74) is 2.03. The summed E-state index contributed by atoms with van der Waals surface area (Å²) >= 11 is 1.57. The second-order valence-corrected chi connectivity index (χ2v) is 8.03. The van der Waals surface area contributed by atoms with Gasteiger partial charge in [0, 0.05) is 24.2 Å². The second-order valence-electron chi connectivity index (χ2n) is 7.00. The molecule has 0 radical (unpaired) electrons. The Kier molecular flexibility index (Phi) is 4.92. The number of carbonyl (C=O) groups is 1. The zero-order valence-electron chi connectivity index (χ0n) is 14.5. The molecule has 0 atom stereocenters. The molecule has 4 nitrogen and oxygen atoms in total. The first kappa shape index (κ1) is 17.0. The van der Waals surface area contributed by atoms with Gasteiger partial charge in [0.1, 0.15) is 0 Å². The summed E-state index contributed by atoms with van der Waals surface area (Å²) in [6, 6.07) is 12.3. The van der Waals surface area contributed by atoms with E-state index in [1.165, 1.54) is 0 Å². The minimum atomic E-state index is -0.243. The molecule has 0 unspecified atom stereocenters. The van der Waals surface area contributed by atoms with Crippen LogP contribution >= 0.6 is 11.3 Å². The summed E-state index contributed by atoms with van der Waals surface area (Å²) in [5.74, 6) is -0.0100. The summed E-state index contributed by atoms with van der Waals surface area (Å²) < 4.78 is 5.47. The highest BCUT2D eigenvalue weighted by molar-refractivity contribution is 7.18.